The molecule has 5 heteroatoms. The van der Waals surface area contributed by atoms with E-state index in [1.165, 1.54) is 10.4 Å². The zero-order valence-corrected chi connectivity index (χ0v) is 16.8. The molecule has 27 heavy (non-hydrogen) atoms. The van der Waals surface area contributed by atoms with E-state index in [9.17, 15) is 8.42 Å². The van der Waals surface area contributed by atoms with E-state index >= 15 is 0 Å². The zero-order chi connectivity index (χ0) is 18.9. The molecule has 138 valence electrons. The van der Waals surface area contributed by atoms with Crippen molar-refractivity contribution in [3.05, 3.63) is 87.7 Å². The van der Waals surface area contributed by atoms with Crippen molar-refractivity contribution in [2.45, 2.75) is 36.2 Å². The summed E-state index contributed by atoms with van der Waals surface area (Å²) in [6, 6.07) is 16.7. The number of sulfone groups is 1. The predicted octanol–water partition coefficient (Wildman–Crippen LogP) is 5.13. The molecule has 3 nitrogen and oxygen atoms in total. The molecule has 0 N–H and O–H groups in total. The Hall–Kier alpha value is -2.37. The maximum absolute atomic E-state index is 13.0. The van der Waals surface area contributed by atoms with Crippen LogP contribution in [0, 0.1) is 0 Å². The van der Waals surface area contributed by atoms with Gasteiger partial charge in [0.15, 0.2) is 0 Å². The molecule has 0 unspecified atom stereocenters. The number of aryl methyl sites for hydroxylation is 1. The van der Waals surface area contributed by atoms with Crippen LogP contribution in [-0.2, 0) is 29.3 Å². The Balaban J connectivity index is 1.54. The second kappa shape index (κ2) is 7.33. The van der Waals surface area contributed by atoms with E-state index < -0.39 is 9.84 Å². The highest BCUT2D eigenvalue weighted by Crippen LogP contribution is 2.27. The highest BCUT2D eigenvalue weighted by atomic mass is 32.2. The van der Waals surface area contributed by atoms with Gasteiger partial charge in [0.25, 0.3) is 0 Å². The molecule has 3 aromatic rings. The first-order valence-corrected chi connectivity index (χ1v) is 11.3. The van der Waals surface area contributed by atoms with E-state index in [4.69, 9.17) is 0 Å². The lowest BCUT2D eigenvalue weighted by Gasteiger charge is -2.23. The van der Waals surface area contributed by atoms with Gasteiger partial charge in [0.2, 0.25) is 9.84 Å². The maximum Gasteiger partial charge on any atom is 0.206 e. The lowest BCUT2D eigenvalue weighted by molar-refractivity contribution is 0.363. The summed E-state index contributed by atoms with van der Waals surface area (Å²) in [5.74, 6) is 0. The average Bonchev–Trinajstić information content (AvgIpc) is 3.16. The summed E-state index contributed by atoms with van der Waals surface area (Å²) in [6.07, 6.45) is 4.94. The van der Waals surface area contributed by atoms with Gasteiger partial charge in [-0.2, -0.15) is 0 Å². The van der Waals surface area contributed by atoms with Gasteiger partial charge in [-0.25, -0.2) is 8.42 Å². The molecule has 1 aliphatic heterocycles. The van der Waals surface area contributed by atoms with Gasteiger partial charge in [-0.05, 0) is 58.8 Å². The Kier molecular flexibility index (Phi) is 4.89. The molecule has 0 fully saturated rings. The highest BCUT2D eigenvalue weighted by molar-refractivity contribution is 7.91. The molecule has 4 rings (SSSR count). The van der Waals surface area contributed by atoms with E-state index in [1.54, 1.807) is 35.6 Å². The van der Waals surface area contributed by atoms with E-state index in [-0.39, 0.29) is 0 Å². The van der Waals surface area contributed by atoms with Crippen LogP contribution in [0.1, 0.15) is 28.5 Å². The van der Waals surface area contributed by atoms with E-state index in [1.807, 2.05) is 31.2 Å². The molecule has 0 saturated heterocycles. The minimum Gasteiger partial charge on any atom is -0.368 e. The standard InChI is InChI=1S/C22H21NO2S2/c1-2-18-5-3-4-6-22(18)27(24,25)20-9-7-17(8-10-20)15-23-13-11-19-12-14-26-21(19)16-23/h3-14H,2,15-16H2,1H3. The van der Waals surface area contributed by atoms with E-state index in [2.05, 4.69) is 28.6 Å². The fourth-order valence-corrected chi connectivity index (χ4v) is 5.81. The number of fused-ring (bicyclic) bond motifs is 1. The molecule has 1 aromatic heterocycles. The van der Waals surface area contributed by atoms with Crippen LogP contribution in [0.4, 0.5) is 0 Å². The Morgan fingerprint density at radius 2 is 1.81 bits per heavy atom. The molecule has 0 amide bonds. The van der Waals surface area contributed by atoms with Crippen LogP contribution < -0.4 is 0 Å². The van der Waals surface area contributed by atoms with Crippen LogP contribution in [0.2, 0.25) is 0 Å². The van der Waals surface area contributed by atoms with Crippen LogP contribution in [0.5, 0.6) is 0 Å². The smallest absolute Gasteiger partial charge is 0.206 e. The summed E-state index contributed by atoms with van der Waals surface area (Å²) in [5.41, 5.74) is 3.25. The zero-order valence-electron chi connectivity index (χ0n) is 15.1. The minimum atomic E-state index is -3.49. The maximum atomic E-state index is 13.0. The van der Waals surface area contributed by atoms with Gasteiger partial charge in [-0.1, -0.05) is 37.3 Å². The lowest BCUT2D eigenvalue weighted by Crippen LogP contribution is -2.18. The molecule has 2 aromatic carbocycles. The van der Waals surface area contributed by atoms with Crippen molar-refractivity contribution in [3.63, 3.8) is 0 Å². The summed E-state index contributed by atoms with van der Waals surface area (Å²) < 4.78 is 26.0. The summed E-state index contributed by atoms with van der Waals surface area (Å²) in [6.45, 7) is 3.63. The normalized spacial score (nSPS) is 13.6. The Labute approximate surface area is 164 Å². The fraction of sp³-hybridized carbons (Fsp3) is 0.182. The number of thiophene rings is 1. The van der Waals surface area contributed by atoms with Gasteiger partial charge in [-0.3, -0.25) is 0 Å². The topological polar surface area (TPSA) is 37.4 Å². The average molecular weight is 396 g/mol. The van der Waals surface area contributed by atoms with Gasteiger partial charge in [-0.15, -0.1) is 11.3 Å². The van der Waals surface area contributed by atoms with Crippen molar-refractivity contribution in [1.29, 1.82) is 0 Å². The highest BCUT2D eigenvalue weighted by Gasteiger charge is 2.20. The van der Waals surface area contributed by atoms with Crippen LogP contribution in [0.3, 0.4) is 0 Å². The molecule has 0 spiro atoms. The third kappa shape index (κ3) is 3.57. The lowest BCUT2D eigenvalue weighted by atomic mass is 10.1. The summed E-state index contributed by atoms with van der Waals surface area (Å²) >= 11 is 1.77. The molecule has 0 atom stereocenters. The first kappa shape index (κ1) is 18.0. The molecule has 0 radical (unpaired) electrons. The Morgan fingerprint density at radius 1 is 1.04 bits per heavy atom. The van der Waals surface area contributed by atoms with Crippen molar-refractivity contribution in [2.24, 2.45) is 0 Å². The summed E-state index contributed by atoms with van der Waals surface area (Å²) in [4.78, 5) is 4.37. The molecule has 0 bridgehead atoms. The summed E-state index contributed by atoms with van der Waals surface area (Å²) in [5, 5.41) is 2.12. The van der Waals surface area contributed by atoms with E-state index in [0.717, 1.165) is 24.2 Å². The third-order valence-corrected chi connectivity index (χ3v) is 7.65. The number of hydrogen-bond acceptors (Lipinski definition) is 4. The molecule has 2 heterocycles. The van der Waals surface area contributed by atoms with Crippen molar-refractivity contribution < 1.29 is 8.42 Å². The van der Waals surface area contributed by atoms with Crippen LogP contribution >= 0.6 is 11.3 Å². The Bertz CT molecular complexity index is 1080. The predicted molar refractivity (Wildman–Crippen MR) is 110 cm³/mol. The summed E-state index contributed by atoms with van der Waals surface area (Å²) in [7, 11) is -3.49. The first-order valence-electron chi connectivity index (χ1n) is 8.98. The fourth-order valence-electron chi connectivity index (χ4n) is 3.35. The Morgan fingerprint density at radius 3 is 2.59 bits per heavy atom. The van der Waals surface area contributed by atoms with E-state index in [0.29, 0.717) is 16.2 Å². The number of rotatable bonds is 5. The van der Waals surface area contributed by atoms with Crippen molar-refractivity contribution >= 4 is 27.3 Å². The number of nitrogens with zero attached hydrogens (tertiary/aromatic N) is 1. The van der Waals surface area contributed by atoms with Crippen LogP contribution in [0.25, 0.3) is 6.08 Å². The van der Waals surface area contributed by atoms with Crippen molar-refractivity contribution in [1.82, 2.24) is 4.90 Å². The quantitative estimate of drug-likeness (QED) is 0.601. The molecular weight excluding hydrogens is 374 g/mol. The monoisotopic (exact) mass is 395 g/mol. The second-order valence-electron chi connectivity index (χ2n) is 6.63. The minimum absolute atomic E-state index is 0.349. The van der Waals surface area contributed by atoms with Gasteiger partial charge in [0, 0.05) is 17.6 Å². The van der Waals surface area contributed by atoms with Gasteiger partial charge >= 0.3 is 0 Å². The van der Waals surface area contributed by atoms with Gasteiger partial charge in [0.05, 0.1) is 16.3 Å². The molecule has 0 saturated carbocycles. The van der Waals surface area contributed by atoms with Gasteiger partial charge in [0.1, 0.15) is 0 Å². The first-order chi connectivity index (χ1) is 13.1. The SMILES string of the molecule is CCc1ccccc1S(=O)(=O)c1ccc(CN2C=Cc3ccsc3C2)cc1. The van der Waals surface area contributed by atoms with Crippen LogP contribution in [-0.4, -0.2) is 13.3 Å². The molecular formula is C22H21NO2S2. The largest absolute Gasteiger partial charge is 0.368 e. The third-order valence-electron chi connectivity index (χ3n) is 4.85. The molecule has 0 aliphatic carbocycles. The molecule has 1 aliphatic rings. The van der Waals surface area contributed by atoms with Gasteiger partial charge < -0.3 is 4.90 Å². The number of hydrogen-bond donors (Lipinski definition) is 0. The van der Waals surface area contributed by atoms with Crippen molar-refractivity contribution in [2.75, 3.05) is 0 Å². The van der Waals surface area contributed by atoms with Crippen molar-refractivity contribution in [3.8, 4) is 0 Å². The van der Waals surface area contributed by atoms with Crippen LogP contribution in [0.15, 0.2) is 76.0 Å². The number of benzene rings is 2. The second-order valence-corrected chi connectivity index (χ2v) is 9.55.